The quantitative estimate of drug-likeness (QED) is 0.136. The van der Waals surface area contributed by atoms with Gasteiger partial charge in [-0.15, -0.1) is 5.06 Å². The minimum atomic E-state index is -0.132. The summed E-state index contributed by atoms with van der Waals surface area (Å²) in [5.74, 6) is -0.132. The Bertz CT molecular complexity index is 359. The molecule has 0 aromatic carbocycles. The Labute approximate surface area is 175 Å². The first-order valence-corrected chi connectivity index (χ1v) is 12.0. The van der Waals surface area contributed by atoms with Gasteiger partial charge >= 0.3 is 5.97 Å². The zero-order chi connectivity index (χ0) is 20.7. The molecule has 4 nitrogen and oxygen atoms in total. The van der Waals surface area contributed by atoms with Crippen molar-refractivity contribution in [3.8, 4) is 0 Å². The number of rotatable bonds is 21. The summed E-state index contributed by atoms with van der Waals surface area (Å²) in [5.41, 5.74) is 5.56. The van der Waals surface area contributed by atoms with Crippen molar-refractivity contribution >= 4 is 5.97 Å². The minimum absolute atomic E-state index is 0.132. The molecule has 0 aliphatic rings. The van der Waals surface area contributed by atoms with Crippen LogP contribution < -0.4 is 5.73 Å². The highest BCUT2D eigenvalue weighted by Crippen LogP contribution is 2.13. The van der Waals surface area contributed by atoms with Crippen LogP contribution in [0, 0.1) is 0 Å². The standard InChI is InChI=1S/C24H48N2O2/c1-3-5-7-8-9-10-11-12-13-14-15-16-17-18-19-20-24(27)28-26(23-21-25)22-6-4-2/h4,6H,3,5,7-23,25H2,1-2H3. The molecule has 0 aromatic heterocycles. The monoisotopic (exact) mass is 396 g/mol. The number of hydrogen-bond donors (Lipinski definition) is 1. The predicted octanol–water partition coefficient (Wildman–Crippen LogP) is 6.54. The molecule has 166 valence electrons. The van der Waals surface area contributed by atoms with Crippen molar-refractivity contribution in [1.29, 1.82) is 0 Å². The van der Waals surface area contributed by atoms with E-state index in [-0.39, 0.29) is 5.97 Å². The van der Waals surface area contributed by atoms with Crippen molar-refractivity contribution < 1.29 is 9.63 Å². The fourth-order valence-corrected chi connectivity index (χ4v) is 3.37. The summed E-state index contributed by atoms with van der Waals surface area (Å²) in [4.78, 5) is 17.3. The zero-order valence-corrected chi connectivity index (χ0v) is 18.9. The maximum Gasteiger partial charge on any atom is 0.325 e. The van der Waals surface area contributed by atoms with E-state index in [0.717, 1.165) is 12.8 Å². The smallest absolute Gasteiger partial charge is 0.325 e. The predicted molar refractivity (Wildman–Crippen MR) is 121 cm³/mol. The Kier molecular flexibility index (Phi) is 21.7. The molecule has 0 aliphatic carbocycles. The van der Waals surface area contributed by atoms with Crippen LogP contribution in [0.25, 0.3) is 0 Å². The first-order valence-electron chi connectivity index (χ1n) is 12.0. The molecular formula is C24H48N2O2. The van der Waals surface area contributed by atoms with E-state index < -0.39 is 0 Å². The van der Waals surface area contributed by atoms with Gasteiger partial charge < -0.3 is 10.6 Å². The summed E-state index contributed by atoms with van der Waals surface area (Å²) >= 11 is 0. The van der Waals surface area contributed by atoms with E-state index in [0.29, 0.717) is 26.1 Å². The molecule has 0 bridgehead atoms. The van der Waals surface area contributed by atoms with Gasteiger partial charge in [0.05, 0.1) is 6.54 Å². The van der Waals surface area contributed by atoms with E-state index in [1.807, 2.05) is 19.1 Å². The second kappa shape index (κ2) is 22.4. The van der Waals surface area contributed by atoms with Crippen molar-refractivity contribution in [3.63, 3.8) is 0 Å². The third kappa shape index (κ3) is 19.9. The molecule has 0 radical (unpaired) electrons. The lowest BCUT2D eigenvalue weighted by Gasteiger charge is -2.18. The lowest BCUT2D eigenvalue weighted by Crippen LogP contribution is -2.32. The SMILES string of the molecule is CC=CCN(CCN)OC(=O)CCCCCCCCCCCCCCCCC. The van der Waals surface area contributed by atoms with E-state index in [9.17, 15) is 4.79 Å². The Balaban J connectivity index is 3.36. The first-order chi connectivity index (χ1) is 13.7. The van der Waals surface area contributed by atoms with Crippen LogP contribution in [0.15, 0.2) is 12.2 Å². The average molecular weight is 397 g/mol. The second-order valence-corrected chi connectivity index (χ2v) is 7.91. The molecule has 0 rings (SSSR count). The van der Waals surface area contributed by atoms with Crippen LogP contribution in [0.4, 0.5) is 0 Å². The van der Waals surface area contributed by atoms with E-state index in [1.54, 1.807) is 5.06 Å². The van der Waals surface area contributed by atoms with Crippen molar-refractivity contribution in [2.24, 2.45) is 5.73 Å². The summed E-state index contributed by atoms with van der Waals surface area (Å²) in [7, 11) is 0. The van der Waals surface area contributed by atoms with E-state index in [4.69, 9.17) is 10.6 Å². The van der Waals surface area contributed by atoms with Crippen molar-refractivity contribution in [2.45, 2.75) is 117 Å². The van der Waals surface area contributed by atoms with Crippen LogP contribution in [0.1, 0.15) is 117 Å². The number of hydrogen-bond acceptors (Lipinski definition) is 4. The molecule has 0 fully saturated rings. The van der Waals surface area contributed by atoms with Crippen LogP contribution in [0.2, 0.25) is 0 Å². The van der Waals surface area contributed by atoms with Gasteiger partial charge in [-0.05, 0) is 13.3 Å². The van der Waals surface area contributed by atoms with E-state index in [2.05, 4.69) is 6.92 Å². The Morgan fingerprint density at radius 3 is 1.71 bits per heavy atom. The van der Waals surface area contributed by atoms with Crippen LogP contribution >= 0.6 is 0 Å². The van der Waals surface area contributed by atoms with Crippen molar-refractivity contribution in [2.75, 3.05) is 19.6 Å². The highest BCUT2D eigenvalue weighted by molar-refractivity contribution is 5.68. The van der Waals surface area contributed by atoms with E-state index >= 15 is 0 Å². The lowest BCUT2D eigenvalue weighted by molar-refractivity contribution is -0.187. The average Bonchev–Trinajstić information content (AvgIpc) is 2.69. The van der Waals surface area contributed by atoms with Crippen LogP contribution in [0.3, 0.4) is 0 Å². The number of nitrogens with zero attached hydrogens (tertiary/aromatic N) is 1. The molecule has 0 saturated heterocycles. The van der Waals surface area contributed by atoms with Crippen LogP contribution in [-0.2, 0) is 9.63 Å². The topological polar surface area (TPSA) is 55.6 Å². The Morgan fingerprint density at radius 2 is 1.29 bits per heavy atom. The van der Waals surface area contributed by atoms with Gasteiger partial charge in [0.15, 0.2) is 0 Å². The summed E-state index contributed by atoms with van der Waals surface area (Å²) in [6, 6.07) is 0. The molecule has 28 heavy (non-hydrogen) atoms. The molecular weight excluding hydrogens is 348 g/mol. The van der Waals surface area contributed by atoms with Gasteiger partial charge in [-0.1, -0.05) is 109 Å². The number of hydroxylamine groups is 2. The molecule has 0 saturated carbocycles. The molecule has 4 heteroatoms. The molecule has 0 amide bonds. The number of allylic oxidation sites excluding steroid dienone is 1. The fraction of sp³-hybridized carbons (Fsp3) is 0.875. The minimum Gasteiger partial charge on any atom is -0.368 e. The van der Waals surface area contributed by atoms with Gasteiger partial charge in [0.2, 0.25) is 0 Å². The highest BCUT2D eigenvalue weighted by Gasteiger charge is 2.09. The maximum absolute atomic E-state index is 11.9. The fourth-order valence-electron chi connectivity index (χ4n) is 3.37. The maximum atomic E-state index is 11.9. The molecule has 2 N–H and O–H groups in total. The molecule has 0 aliphatic heterocycles. The third-order valence-corrected chi connectivity index (χ3v) is 5.14. The number of carbonyl (C=O) groups excluding carboxylic acids is 1. The van der Waals surface area contributed by atoms with Gasteiger partial charge in [0.1, 0.15) is 0 Å². The van der Waals surface area contributed by atoms with Gasteiger partial charge in [0.25, 0.3) is 0 Å². The van der Waals surface area contributed by atoms with Crippen molar-refractivity contribution in [3.05, 3.63) is 12.2 Å². The molecule has 0 heterocycles. The first kappa shape index (κ1) is 27.1. The molecule has 0 aromatic rings. The summed E-state index contributed by atoms with van der Waals surface area (Å²) in [6.45, 7) is 5.91. The largest absolute Gasteiger partial charge is 0.368 e. The Hall–Kier alpha value is -0.870. The van der Waals surface area contributed by atoms with Gasteiger partial charge in [0, 0.05) is 19.5 Å². The van der Waals surface area contributed by atoms with Crippen molar-refractivity contribution in [1.82, 2.24) is 5.06 Å². The number of nitrogens with two attached hydrogens (primary N) is 1. The third-order valence-electron chi connectivity index (χ3n) is 5.14. The second-order valence-electron chi connectivity index (χ2n) is 7.91. The van der Waals surface area contributed by atoms with Gasteiger partial charge in [-0.3, -0.25) is 4.79 Å². The summed E-state index contributed by atoms with van der Waals surface area (Å²) < 4.78 is 0. The molecule has 0 unspecified atom stereocenters. The van der Waals surface area contributed by atoms with Crippen LogP contribution in [-0.4, -0.2) is 30.7 Å². The zero-order valence-electron chi connectivity index (χ0n) is 18.9. The summed E-state index contributed by atoms with van der Waals surface area (Å²) in [5, 5.41) is 1.65. The molecule has 0 spiro atoms. The lowest BCUT2D eigenvalue weighted by atomic mass is 10.0. The molecule has 0 atom stereocenters. The van der Waals surface area contributed by atoms with E-state index in [1.165, 1.54) is 83.5 Å². The normalized spacial score (nSPS) is 11.6. The highest BCUT2D eigenvalue weighted by atomic mass is 16.7. The van der Waals surface area contributed by atoms with Gasteiger partial charge in [-0.25, -0.2) is 0 Å². The van der Waals surface area contributed by atoms with Gasteiger partial charge in [-0.2, -0.15) is 0 Å². The number of carbonyl (C=O) groups is 1. The Morgan fingerprint density at radius 1 is 0.821 bits per heavy atom. The van der Waals surface area contributed by atoms with Crippen LogP contribution in [0.5, 0.6) is 0 Å². The number of unbranched alkanes of at least 4 members (excludes halogenated alkanes) is 14. The summed E-state index contributed by atoms with van der Waals surface area (Å²) in [6.07, 6.45) is 24.4.